The van der Waals surface area contributed by atoms with E-state index in [1.165, 1.54) is 0 Å². The number of rotatable bonds is 2. The van der Waals surface area contributed by atoms with Crippen LogP contribution in [-0.4, -0.2) is 28.3 Å². The maximum atomic E-state index is 12.7. The molecule has 1 saturated heterocycles. The number of hydrogen-bond acceptors (Lipinski definition) is 3. The van der Waals surface area contributed by atoms with Gasteiger partial charge in [-0.15, -0.1) is 0 Å². The summed E-state index contributed by atoms with van der Waals surface area (Å²) in [5.41, 5.74) is 2.48. The van der Waals surface area contributed by atoms with E-state index in [-0.39, 0.29) is 5.91 Å². The van der Waals surface area contributed by atoms with Crippen LogP contribution in [0.25, 0.3) is 0 Å². The van der Waals surface area contributed by atoms with E-state index in [4.69, 9.17) is 23.2 Å². The van der Waals surface area contributed by atoms with Gasteiger partial charge in [0.2, 0.25) is 0 Å². The molecule has 0 atom stereocenters. The molecule has 1 fully saturated rings. The second-order valence-electron chi connectivity index (χ2n) is 5.16. The molecule has 2 aromatic rings. The standard InChI is InChI=1S/C17H14Cl2N2OS/c1-11-2-4-12(5-3-11)16(22)21-8-9-23-17(21)20-13-6-7-14(18)15(19)10-13/h2-7,10H,8-9H2,1H3. The van der Waals surface area contributed by atoms with Crippen LogP contribution in [0.4, 0.5) is 5.69 Å². The van der Waals surface area contributed by atoms with E-state index in [9.17, 15) is 4.79 Å². The molecular formula is C17H14Cl2N2OS. The van der Waals surface area contributed by atoms with Gasteiger partial charge in [-0.25, -0.2) is 4.99 Å². The highest BCUT2D eigenvalue weighted by molar-refractivity contribution is 8.14. The molecule has 2 aromatic carbocycles. The van der Waals surface area contributed by atoms with Crippen molar-refractivity contribution in [2.24, 2.45) is 4.99 Å². The minimum atomic E-state index is -0.0335. The van der Waals surface area contributed by atoms with Gasteiger partial charge in [0.15, 0.2) is 5.17 Å². The quantitative estimate of drug-likeness (QED) is 0.735. The van der Waals surface area contributed by atoms with Gasteiger partial charge in [-0.2, -0.15) is 0 Å². The van der Waals surface area contributed by atoms with E-state index >= 15 is 0 Å². The summed E-state index contributed by atoms with van der Waals surface area (Å²) in [7, 11) is 0. The third-order valence-electron chi connectivity index (χ3n) is 3.45. The first-order valence-electron chi connectivity index (χ1n) is 7.09. The molecule has 3 nitrogen and oxygen atoms in total. The molecule has 3 rings (SSSR count). The van der Waals surface area contributed by atoms with Gasteiger partial charge in [0.05, 0.1) is 15.7 Å². The van der Waals surface area contributed by atoms with Gasteiger partial charge in [-0.3, -0.25) is 9.69 Å². The SMILES string of the molecule is Cc1ccc(C(=O)N2CCSC2=Nc2ccc(Cl)c(Cl)c2)cc1. The van der Waals surface area contributed by atoms with Crippen molar-refractivity contribution in [1.29, 1.82) is 0 Å². The summed E-state index contributed by atoms with van der Waals surface area (Å²) in [5.74, 6) is 0.798. The van der Waals surface area contributed by atoms with E-state index in [1.807, 2.05) is 31.2 Å². The number of amides is 1. The van der Waals surface area contributed by atoms with Gasteiger partial charge in [0.1, 0.15) is 0 Å². The van der Waals surface area contributed by atoms with Crippen LogP contribution in [0.3, 0.4) is 0 Å². The first-order chi connectivity index (χ1) is 11.0. The zero-order chi connectivity index (χ0) is 16.4. The number of thioether (sulfide) groups is 1. The van der Waals surface area contributed by atoms with Crippen molar-refractivity contribution >= 4 is 51.7 Å². The summed E-state index contributed by atoms with van der Waals surface area (Å²) >= 11 is 13.5. The fraction of sp³-hybridized carbons (Fsp3) is 0.176. The number of amidine groups is 1. The Morgan fingerprint density at radius 3 is 2.57 bits per heavy atom. The molecule has 23 heavy (non-hydrogen) atoms. The van der Waals surface area contributed by atoms with Crippen molar-refractivity contribution in [1.82, 2.24) is 4.90 Å². The highest BCUT2D eigenvalue weighted by Crippen LogP contribution is 2.29. The molecule has 0 bridgehead atoms. The minimum absolute atomic E-state index is 0.0335. The number of halogens is 2. The summed E-state index contributed by atoms with van der Waals surface area (Å²) in [6.45, 7) is 2.65. The largest absolute Gasteiger partial charge is 0.286 e. The zero-order valence-corrected chi connectivity index (χ0v) is 14.8. The molecule has 0 saturated carbocycles. The smallest absolute Gasteiger partial charge is 0.259 e. The third-order valence-corrected chi connectivity index (χ3v) is 5.14. The zero-order valence-electron chi connectivity index (χ0n) is 12.4. The molecular weight excluding hydrogens is 351 g/mol. The Morgan fingerprint density at radius 2 is 1.87 bits per heavy atom. The van der Waals surface area contributed by atoms with E-state index in [0.717, 1.165) is 11.3 Å². The number of carbonyl (C=O) groups is 1. The number of benzene rings is 2. The molecule has 118 valence electrons. The van der Waals surface area contributed by atoms with E-state index in [1.54, 1.807) is 34.9 Å². The van der Waals surface area contributed by atoms with Crippen LogP contribution in [0, 0.1) is 6.92 Å². The molecule has 0 N–H and O–H groups in total. The summed E-state index contributed by atoms with van der Waals surface area (Å²) in [5, 5.41) is 1.63. The molecule has 6 heteroatoms. The first-order valence-corrected chi connectivity index (χ1v) is 8.84. The highest BCUT2D eigenvalue weighted by atomic mass is 35.5. The average Bonchev–Trinajstić information content (AvgIpc) is 2.99. The van der Waals surface area contributed by atoms with Crippen molar-refractivity contribution in [3.63, 3.8) is 0 Å². The Hall–Kier alpha value is -1.49. The van der Waals surface area contributed by atoms with Gasteiger partial charge in [-0.05, 0) is 37.3 Å². The fourth-order valence-corrected chi connectivity index (χ4v) is 3.45. The first kappa shape index (κ1) is 16.4. The Bertz CT molecular complexity index is 775. The Morgan fingerprint density at radius 1 is 1.13 bits per heavy atom. The number of carbonyl (C=O) groups excluding carboxylic acids is 1. The lowest BCUT2D eigenvalue weighted by molar-refractivity contribution is 0.0859. The molecule has 0 spiro atoms. The topological polar surface area (TPSA) is 32.7 Å². The van der Waals surface area contributed by atoms with Gasteiger partial charge in [0, 0.05) is 17.9 Å². The predicted molar refractivity (Wildman–Crippen MR) is 98.2 cm³/mol. The van der Waals surface area contributed by atoms with Crippen LogP contribution in [0.15, 0.2) is 47.5 Å². The summed E-state index contributed by atoms with van der Waals surface area (Å²) in [4.78, 5) is 18.9. The van der Waals surface area contributed by atoms with E-state index in [2.05, 4.69) is 4.99 Å². The van der Waals surface area contributed by atoms with Crippen LogP contribution < -0.4 is 0 Å². The second kappa shape index (κ2) is 6.95. The number of nitrogens with zero attached hydrogens (tertiary/aromatic N) is 2. The number of aliphatic imine (C=N–C) groups is 1. The van der Waals surface area contributed by atoms with Gasteiger partial charge in [0.25, 0.3) is 5.91 Å². The van der Waals surface area contributed by atoms with Crippen molar-refractivity contribution in [2.45, 2.75) is 6.92 Å². The summed E-state index contributed by atoms with van der Waals surface area (Å²) < 4.78 is 0. The molecule has 0 aromatic heterocycles. The maximum Gasteiger partial charge on any atom is 0.259 e. The monoisotopic (exact) mass is 364 g/mol. The van der Waals surface area contributed by atoms with Crippen molar-refractivity contribution in [3.05, 3.63) is 63.6 Å². The Labute approximate surface area is 149 Å². The normalized spacial score (nSPS) is 16.1. The maximum absolute atomic E-state index is 12.7. The molecule has 1 amide bonds. The molecule has 1 aliphatic rings. The van der Waals surface area contributed by atoms with Crippen molar-refractivity contribution in [2.75, 3.05) is 12.3 Å². The molecule has 0 aliphatic carbocycles. The van der Waals surface area contributed by atoms with Gasteiger partial charge >= 0.3 is 0 Å². The fourth-order valence-electron chi connectivity index (χ4n) is 2.20. The lowest BCUT2D eigenvalue weighted by Crippen LogP contribution is -2.31. The highest BCUT2D eigenvalue weighted by Gasteiger charge is 2.26. The van der Waals surface area contributed by atoms with E-state index < -0.39 is 0 Å². The second-order valence-corrected chi connectivity index (χ2v) is 7.04. The molecule has 0 unspecified atom stereocenters. The van der Waals surface area contributed by atoms with E-state index in [0.29, 0.717) is 33.0 Å². The van der Waals surface area contributed by atoms with Crippen molar-refractivity contribution < 1.29 is 4.79 Å². The number of hydrogen-bond donors (Lipinski definition) is 0. The predicted octanol–water partition coefficient (Wildman–Crippen LogP) is 5.18. The van der Waals surface area contributed by atoms with Crippen LogP contribution in [0.5, 0.6) is 0 Å². The average molecular weight is 365 g/mol. The molecule has 1 heterocycles. The Balaban J connectivity index is 1.87. The van der Waals surface area contributed by atoms with Crippen LogP contribution >= 0.6 is 35.0 Å². The summed E-state index contributed by atoms with van der Waals surface area (Å²) in [6, 6.07) is 12.8. The third kappa shape index (κ3) is 3.71. The Kier molecular flexibility index (Phi) is 4.95. The lowest BCUT2D eigenvalue weighted by Gasteiger charge is -2.16. The van der Waals surface area contributed by atoms with Crippen LogP contribution in [-0.2, 0) is 0 Å². The van der Waals surface area contributed by atoms with Crippen LogP contribution in [0.1, 0.15) is 15.9 Å². The van der Waals surface area contributed by atoms with Gasteiger partial charge in [-0.1, -0.05) is 52.7 Å². The number of aryl methyl sites for hydroxylation is 1. The minimum Gasteiger partial charge on any atom is -0.286 e. The summed E-state index contributed by atoms with van der Waals surface area (Å²) in [6.07, 6.45) is 0. The lowest BCUT2D eigenvalue weighted by atomic mass is 10.1. The molecule has 0 radical (unpaired) electrons. The van der Waals surface area contributed by atoms with Crippen molar-refractivity contribution in [3.8, 4) is 0 Å². The molecule has 1 aliphatic heterocycles. The van der Waals surface area contributed by atoms with Gasteiger partial charge < -0.3 is 0 Å². The van der Waals surface area contributed by atoms with Crippen LogP contribution in [0.2, 0.25) is 10.0 Å².